The lowest BCUT2D eigenvalue weighted by atomic mass is 10.0. The number of aliphatic carboxylic acids is 1. The minimum atomic E-state index is -2.62. The second-order valence-electron chi connectivity index (χ2n) is 11.0. The van der Waals surface area contributed by atoms with Crippen LogP contribution in [0, 0.1) is 0 Å². The van der Waals surface area contributed by atoms with Crippen molar-refractivity contribution in [2.75, 3.05) is 33.5 Å². The van der Waals surface area contributed by atoms with Crippen molar-refractivity contribution in [1.29, 1.82) is 0 Å². The van der Waals surface area contributed by atoms with Gasteiger partial charge in [-0.25, -0.2) is 4.79 Å². The Morgan fingerprint density at radius 3 is 1.93 bits per heavy atom. The number of rotatable bonds is 25. The van der Waals surface area contributed by atoms with Crippen LogP contribution in [0.25, 0.3) is 17.2 Å². The highest BCUT2D eigenvalue weighted by molar-refractivity contribution is 6.60. The first-order chi connectivity index (χ1) is 21.4. The SMILES string of the molecule is CCCCCCCCOc1ccc(-c2ccc(/C=C(\CCCCCC[Si](OCC)(OCC)OCC)C(=O)O)cc2)cc1OC. The first kappa shape index (κ1) is 37.5. The van der Waals surface area contributed by atoms with Crippen LogP contribution in [0.15, 0.2) is 48.0 Å². The fraction of sp³-hybridized carbons (Fsp3) is 0.583. The van der Waals surface area contributed by atoms with Gasteiger partial charge in [0, 0.05) is 31.4 Å². The zero-order chi connectivity index (χ0) is 32.0. The molecule has 1 N–H and O–H groups in total. The highest BCUT2D eigenvalue weighted by atomic mass is 28.4. The first-order valence-electron chi connectivity index (χ1n) is 16.7. The summed E-state index contributed by atoms with van der Waals surface area (Å²) in [7, 11) is -0.953. The predicted molar refractivity (Wildman–Crippen MR) is 181 cm³/mol. The van der Waals surface area contributed by atoms with Crippen LogP contribution in [0.1, 0.15) is 104 Å². The van der Waals surface area contributed by atoms with Gasteiger partial charge in [0.1, 0.15) is 0 Å². The Kier molecular flexibility index (Phi) is 18.7. The number of carbonyl (C=O) groups is 1. The lowest BCUT2D eigenvalue weighted by Crippen LogP contribution is -2.45. The van der Waals surface area contributed by atoms with Crippen LogP contribution in [0.2, 0.25) is 6.04 Å². The van der Waals surface area contributed by atoms with Crippen LogP contribution in [0.3, 0.4) is 0 Å². The number of ether oxygens (including phenoxy) is 2. The molecule has 0 aliphatic rings. The van der Waals surface area contributed by atoms with Gasteiger partial charge in [-0.3, -0.25) is 0 Å². The molecule has 0 saturated carbocycles. The number of methoxy groups -OCH3 is 1. The Hall–Kier alpha value is -2.65. The van der Waals surface area contributed by atoms with E-state index in [1.807, 2.05) is 63.2 Å². The summed E-state index contributed by atoms with van der Waals surface area (Å²) >= 11 is 0. The standard InChI is InChI=1S/C36H56O7Si/c1-6-10-11-12-14-17-26-40-34-25-24-32(29-35(34)39-5)31-22-20-30(21-23-31)28-33(36(37)38)19-16-13-15-18-27-44(41-7-2,42-8-3)43-9-4/h20-25,28-29H,6-19,26-27H2,1-5H3,(H,37,38)/b33-28+. The molecule has 0 unspecified atom stereocenters. The van der Waals surface area contributed by atoms with Gasteiger partial charge in [-0.15, -0.1) is 0 Å². The third-order valence-electron chi connectivity index (χ3n) is 7.55. The maximum Gasteiger partial charge on any atom is 0.500 e. The number of benzene rings is 2. The predicted octanol–water partition coefficient (Wildman–Crippen LogP) is 9.57. The van der Waals surface area contributed by atoms with E-state index in [2.05, 4.69) is 6.92 Å². The first-order valence-corrected chi connectivity index (χ1v) is 18.6. The zero-order valence-electron chi connectivity index (χ0n) is 27.8. The van der Waals surface area contributed by atoms with Gasteiger partial charge in [0.2, 0.25) is 0 Å². The number of hydrogen-bond donors (Lipinski definition) is 1. The van der Waals surface area contributed by atoms with Crippen molar-refractivity contribution in [3.63, 3.8) is 0 Å². The fourth-order valence-electron chi connectivity index (χ4n) is 5.26. The van der Waals surface area contributed by atoms with Crippen molar-refractivity contribution in [3.8, 4) is 22.6 Å². The van der Waals surface area contributed by atoms with Crippen LogP contribution >= 0.6 is 0 Å². The summed E-state index contributed by atoms with van der Waals surface area (Å²) in [6, 6.07) is 14.8. The molecule has 2 rings (SSSR count). The highest BCUT2D eigenvalue weighted by Gasteiger charge is 2.39. The van der Waals surface area contributed by atoms with Crippen molar-refractivity contribution >= 4 is 20.8 Å². The topological polar surface area (TPSA) is 83.5 Å². The molecule has 0 heterocycles. The second kappa shape index (κ2) is 21.9. The normalized spacial score (nSPS) is 12.0. The van der Waals surface area contributed by atoms with Crippen LogP contribution in [0.5, 0.6) is 11.5 Å². The fourth-order valence-corrected chi connectivity index (χ4v) is 7.94. The summed E-state index contributed by atoms with van der Waals surface area (Å²) in [6.45, 7) is 10.6. The summed E-state index contributed by atoms with van der Waals surface area (Å²) < 4.78 is 29.4. The Morgan fingerprint density at radius 2 is 1.32 bits per heavy atom. The molecule has 44 heavy (non-hydrogen) atoms. The third-order valence-corrected chi connectivity index (χ3v) is 10.7. The lowest BCUT2D eigenvalue weighted by Gasteiger charge is -2.28. The average Bonchev–Trinajstić information content (AvgIpc) is 3.02. The Bertz CT molecular complexity index is 1080. The molecule has 0 atom stereocenters. The van der Waals surface area contributed by atoms with Gasteiger partial charge < -0.3 is 27.9 Å². The molecule has 0 fully saturated rings. The van der Waals surface area contributed by atoms with Crippen LogP contribution in [0.4, 0.5) is 0 Å². The van der Waals surface area contributed by atoms with Gasteiger partial charge in [0.05, 0.1) is 13.7 Å². The van der Waals surface area contributed by atoms with Gasteiger partial charge in [-0.1, -0.05) is 82.2 Å². The van der Waals surface area contributed by atoms with Crippen molar-refractivity contribution in [2.24, 2.45) is 0 Å². The highest BCUT2D eigenvalue weighted by Crippen LogP contribution is 2.33. The maximum atomic E-state index is 12.0. The van der Waals surface area contributed by atoms with Crippen molar-refractivity contribution in [1.82, 2.24) is 0 Å². The maximum absolute atomic E-state index is 12.0. The number of carboxylic acid groups (broad SMARTS) is 1. The smallest absolute Gasteiger partial charge is 0.493 e. The Morgan fingerprint density at radius 1 is 0.727 bits per heavy atom. The second-order valence-corrected chi connectivity index (χ2v) is 13.7. The van der Waals surface area contributed by atoms with Crippen molar-refractivity contribution < 1.29 is 32.7 Å². The van der Waals surface area contributed by atoms with E-state index in [0.29, 0.717) is 44.2 Å². The number of carboxylic acids is 1. The largest absolute Gasteiger partial charge is 0.500 e. The molecule has 246 valence electrons. The summed E-state index contributed by atoms with van der Waals surface area (Å²) in [4.78, 5) is 12.0. The van der Waals surface area contributed by atoms with E-state index in [0.717, 1.165) is 60.6 Å². The molecule has 0 saturated heterocycles. The summed E-state index contributed by atoms with van der Waals surface area (Å²) in [5.74, 6) is 0.605. The Labute approximate surface area is 267 Å². The lowest BCUT2D eigenvalue weighted by molar-refractivity contribution is -0.132. The quantitative estimate of drug-likeness (QED) is 0.0666. The van der Waals surface area contributed by atoms with E-state index in [9.17, 15) is 9.90 Å². The number of hydrogen-bond acceptors (Lipinski definition) is 6. The summed E-state index contributed by atoms with van der Waals surface area (Å²) in [5.41, 5.74) is 3.35. The van der Waals surface area contributed by atoms with Crippen molar-refractivity contribution in [2.45, 2.75) is 104 Å². The molecule has 0 amide bonds. The molecule has 7 nitrogen and oxygen atoms in total. The Balaban J connectivity index is 1.90. The van der Waals surface area contributed by atoms with Crippen LogP contribution < -0.4 is 9.47 Å². The molecule has 0 radical (unpaired) electrons. The van der Waals surface area contributed by atoms with Gasteiger partial charge in [-0.2, -0.15) is 0 Å². The van der Waals surface area contributed by atoms with Crippen molar-refractivity contribution in [3.05, 3.63) is 53.6 Å². The summed E-state index contributed by atoms with van der Waals surface area (Å²) in [5, 5.41) is 9.83. The molecule has 0 aliphatic heterocycles. The van der Waals surface area contributed by atoms with Gasteiger partial charge >= 0.3 is 14.8 Å². The van der Waals surface area contributed by atoms with E-state index in [4.69, 9.17) is 22.8 Å². The molecule has 0 aliphatic carbocycles. The third kappa shape index (κ3) is 13.5. The summed E-state index contributed by atoms with van der Waals surface area (Å²) in [6.07, 6.45) is 13.3. The van der Waals surface area contributed by atoms with Gasteiger partial charge in [-0.05, 0) is 81.4 Å². The molecule has 0 aromatic heterocycles. The van der Waals surface area contributed by atoms with Gasteiger partial charge in [0.15, 0.2) is 11.5 Å². The van der Waals surface area contributed by atoms with Gasteiger partial charge in [0.25, 0.3) is 0 Å². The molecule has 2 aromatic carbocycles. The minimum Gasteiger partial charge on any atom is -0.493 e. The van der Waals surface area contributed by atoms with E-state index in [1.54, 1.807) is 13.2 Å². The number of unbranched alkanes of at least 4 members (excludes halogenated alkanes) is 8. The van der Waals surface area contributed by atoms with E-state index in [1.165, 1.54) is 32.1 Å². The molecule has 2 aromatic rings. The average molecular weight is 629 g/mol. The zero-order valence-corrected chi connectivity index (χ0v) is 28.8. The molecular weight excluding hydrogens is 572 g/mol. The molecular formula is C36H56O7Si. The van der Waals surface area contributed by atoms with Crippen LogP contribution in [-0.4, -0.2) is 53.4 Å². The molecule has 8 heteroatoms. The van der Waals surface area contributed by atoms with E-state index < -0.39 is 14.8 Å². The molecule has 0 spiro atoms. The van der Waals surface area contributed by atoms with Crippen LogP contribution in [-0.2, 0) is 18.1 Å². The van der Waals surface area contributed by atoms with E-state index >= 15 is 0 Å². The minimum absolute atomic E-state index is 0.424. The monoisotopic (exact) mass is 628 g/mol. The molecule has 0 bridgehead atoms. The van der Waals surface area contributed by atoms with E-state index in [-0.39, 0.29) is 0 Å².